The van der Waals surface area contributed by atoms with Gasteiger partial charge >= 0.3 is 5.97 Å². The topological polar surface area (TPSA) is 120 Å². The normalized spacial score (nSPS) is 11.9. The van der Waals surface area contributed by atoms with E-state index in [1.807, 2.05) is 6.07 Å². The Kier molecular flexibility index (Phi) is 9.04. The second kappa shape index (κ2) is 12.2. The van der Waals surface area contributed by atoms with Gasteiger partial charge in [0, 0.05) is 11.8 Å². The van der Waals surface area contributed by atoms with Crippen LogP contribution in [-0.4, -0.2) is 47.2 Å². The number of carbonyl (C=O) groups excluding carboxylic acids is 2. The van der Waals surface area contributed by atoms with Crippen molar-refractivity contribution in [1.82, 2.24) is 4.72 Å². The monoisotopic (exact) mass is 512 g/mol. The maximum absolute atomic E-state index is 13.2. The Morgan fingerprint density at radius 3 is 2.17 bits per heavy atom. The molecule has 0 fully saturated rings. The Bertz CT molecular complexity index is 1290. The van der Waals surface area contributed by atoms with E-state index in [4.69, 9.17) is 14.2 Å². The van der Waals surface area contributed by atoms with Crippen molar-refractivity contribution in [3.63, 3.8) is 0 Å². The maximum atomic E-state index is 13.2. The number of amides is 1. The minimum absolute atomic E-state index is 0.0789. The van der Waals surface area contributed by atoms with Crippen LogP contribution in [0.25, 0.3) is 0 Å². The van der Waals surface area contributed by atoms with Gasteiger partial charge in [-0.15, -0.1) is 0 Å². The molecule has 1 amide bonds. The number of sulfonamides is 1. The third-order valence-electron chi connectivity index (χ3n) is 5.23. The minimum Gasteiger partial charge on any atom is -0.493 e. The number of hydrogen-bond acceptors (Lipinski definition) is 7. The second-order valence-electron chi connectivity index (χ2n) is 7.67. The zero-order valence-corrected chi connectivity index (χ0v) is 21.0. The molecule has 0 saturated carbocycles. The lowest BCUT2D eigenvalue weighted by atomic mass is 10.1. The molecule has 0 aromatic heterocycles. The van der Waals surface area contributed by atoms with Crippen molar-refractivity contribution in [3.05, 3.63) is 83.9 Å². The molecule has 0 aliphatic heterocycles. The molecular formula is C26H28N2O7S. The van der Waals surface area contributed by atoms with Crippen LogP contribution >= 0.6 is 0 Å². The summed E-state index contributed by atoms with van der Waals surface area (Å²) in [5, 5.41) is 2.71. The second-order valence-corrected chi connectivity index (χ2v) is 9.38. The van der Waals surface area contributed by atoms with Gasteiger partial charge in [0.15, 0.2) is 11.5 Å². The summed E-state index contributed by atoms with van der Waals surface area (Å²) in [5.41, 5.74) is 1.51. The van der Waals surface area contributed by atoms with Gasteiger partial charge in [-0.2, -0.15) is 4.72 Å². The van der Waals surface area contributed by atoms with E-state index in [0.717, 1.165) is 5.56 Å². The van der Waals surface area contributed by atoms with Crippen LogP contribution in [0.4, 0.5) is 5.69 Å². The minimum atomic E-state index is -4.11. The zero-order valence-electron chi connectivity index (χ0n) is 20.2. The standard InChI is InChI=1S/C26H28N2O7S/c1-4-35-26(30)19-10-12-20(13-11-19)27-25(29)22(16-18-8-6-5-7-9-18)28-36(31,32)21-14-15-23(33-2)24(17-21)34-3/h5-15,17,22,28H,4,16H2,1-3H3,(H,27,29)/t22-/m1/s1. The van der Waals surface area contributed by atoms with Crippen LogP contribution in [0.15, 0.2) is 77.7 Å². The Hall–Kier alpha value is -3.89. The van der Waals surface area contributed by atoms with Crippen molar-refractivity contribution < 1.29 is 32.2 Å². The zero-order chi connectivity index (χ0) is 26.1. The highest BCUT2D eigenvalue weighted by Crippen LogP contribution is 2.29. The molecule has 190 valence electrons. The lowest BCUT2D eigenvalue weighted by Gasteiger charge is -2.19. The fourth-order valence-electron chi connectivity index (χ4n) is 3.41. The molecule has 2 N–H and O–H groups in total. The van der Waals surface area contributed by atoms with Gasteiger partial charge in [0.05, 0.1) is 31.3 Å². The predicted octanol–water partition coefficient (Wildman–Crippen LogP) is 3.41. The summed E-state index contributed by atoms with van der Waals surface area (Å²) >= 11 is 0. The van der Waals surface area contributed by atoms with Crippen LogP contribution in [-0.2, 0) is 26.0 Å². The molecule has 0 bridgehead atoms. The lowest BCUT2D eigenvalue weighted by Crippen LogP contribution is -2.45. The lowest BCUT2D eigenvalue weighted by molar-refractivity contribution is -0.117. The van der Waals surface area contributed by atoms with E-state index in [0.29, 0.717) is 17.0 Å². The van der Waals surface area contributed by atoms with Crippen molar-refractivity contribution in [3.8, 4) is 11.5 Å². The summed E-state index contributed by atoms with van der Waals surface area (Å²) < 4.78 is 44.2. The highest BCUT2D eigenvalue weighted by atomic mass is 32.2. The molecule has 9 nitrogen and oxygen atoms in total. The number of carbonyl (C=O) groups is 2. The maximum Gasteiger partial charge on any atom is 0.338 e. The molecule has 36 heavy (non-hydrogen) atoms. The summed E-state index contributed by atoms with van der Waals surface area (Å²) in [6.07, 6.45) is 0.111. The summed E-state index contributed by atoms with van der Waals surface area (Å²) in [6, 6.07) is 18.2. The van der Waals surface area contributed by atoms with Crippen LogP contribution in [0.3, 0.4) is 0 Å². The van der Waals surface area contributed by atoms with Gasteiger partial charge in [-0.1, -0.05) is 30.3 Å². The van der Waals surface area contributed by atoms with Crippen molar-refractivity contribution >= 4 is 27.6 Å². The van der Waals surface area contributed by atoms with Crippen LogP contribution in [0.1, 0.15) is 22.8 Å². The van der Waals surface area contributed by atoms with Crippen molar-refractivity contribution in [1.29, 1.82) is 0 Å². The Morgan fingerprint density at radius 1 is 0.889 bits per heavy atom. The fraction of sp³-hybridized carbons (Fsp3) is 0.231. The van der Waals surface area contributed by atoms with Crippen LogP contribution in [0.5, 0.6) is 11.5 Å². The molecule has 10 heteroatoms. The third kappa shape index (κ3) is 6.83. The van der Waals surface area contributed by atoms with Gasteiger partial charge in [0.1, 0.15) is 6.04 Å². The molecular weight excluding hydrogens is 484 g/mol. The van der Waals surface area contributed by atoms with E-state index < -0.39 is 27.9 Å². The molecule has 3 aromatic carbocycles. The molecule has 3 rings (SSSR count). The molecule has 3 aromatic rings. The van der Waals surface area contributed by atoms with Crippen molar-refractivity contribution in [2.45, 2.75) is 24.3 Å². The van der Waals surface area contributed by atoms with Crippen molar-refractivity contribution in [2.24, 2.45) is 0 Å². The first-order chi connectivity index (χ1) is 17.3. The number of esters is 1. The van der Waals surface area contributed by atoms with E-state index >= 15 is 0 Å². The Balaban J connectivity index is 1.84. The van der Waals surface area contributed by atoms with Gasteiger partial charge < -0.3 is 19.5 Å². The first kappa shape index (κ1) is 26.7. The molecule has 0 radical (unpaired) electrons. The van der Waals surface area contributed by atoms with E-state index in [9.17, 15) is 18.0 Å². The van der Waals surface area contributed by atoms with E-state index in [1.54, 1.807) is 43.3 Å². The Labute approximate surface area is 210 Å². The molecule has 0 heterocycles. The highest BCUT2D eigenvalue weighted by Gasteiger charge is 2.27. The van der Waals surface area contributed by atoms with Gasteiger partial charge in [-0.25, -0.2) is 13.2 Å². The van der Waals surface area contributed by atoms with Crippen LogP contribution in [0, 0.1) is 0 Å². The first-order valence-electron chi connectivity index (χ1n) is 11.1. The molecule has 0 spiro atoms. The summed E-state index contributed by atoms with van der Waals surface area (Å²) in [4.78, 5) is 25.0. The van der Waals surface area contributed by atoms with Gasteiger partial charge in [0.25, 0.3) is 0 Å². The van der Waals surface area contributed by atoms with Crippen molar-refractivity contribution in [2.75, 3.05) is 26.1 Å². The largest absolute Gasteiger partial charge is 0.493 e. The van der Waals surface area contributed by atoms with Crippen LogP contribution in [0.2, 0.25) is 0 Å². The SMILES string of the molecule is CCOC(=O)c1ccc(NC(=O)[C@@H](Cc2ccccc2)NS(=O)(=O)c2ccc(OC)c(OC)c2)cc1. The number of benzene rings is 3. The third-order valence-corrected chi connectivity index (χ3v) is 6.69. The average molecular weight is 513 g/mol. The molecule has 0 unspecified atom stereocenters. The first-order valence-corrected chi connectivity index (χ1v) is 12.6. The predicted molar refractivity (Wildman–Crippen MR) is 135 cm³/mol. The molecule has 0 aliphatic carbocycles. The number of anilines is 1. The van der Waals surface area contributed by atoms with Crippen LogP contribution < -0.4 is 19.5 Å². The summed E-state index contributed by atoms with van der Waals surface area (Å²) in [6.45, 7) is 1.96. The van der Waals surface area contributed by atoms with E-state index in [1.165, 1.54) is 44.6 Å². The smallest absolute Gasteiger partial charge is 0.338 e. The highest BCUT2D eigenvalue weighted by molar-refractivity contribution is 7.89. The number of hydrogen-bond donors (Lipinski definition) is 2. The van der Waals surface area contributed by atoms with Gasteiger partial charge in [-0.05, 0) is 55.3 Å². The summed E-state index contributed by atoms with van der Waals surface area (Å²) in [5.74, 6) is -0.417. The molecule has 0 aliphatic rings. The number of rotatable bonds is 11. The number of ether oxygens (including phenoxy) is 3. The Morgan fingerprint density at radius 2 is 1.56 bits per heavy atom. The molecule has 0 saturated heterocycles. The van der Waals surface area contributed by atoms with Gasteiger partial charge in [-0.3, -0.25) is 4.79 Å². The molecule has 1 atom stereocenters. The number of methoxy groups -OCH3 is 2. The quantitative estimate of drug-likeness (QED) is 0.378. The van der Waals surface area contributed by atoms with E-state index in [2.05, 4.69) is 10.0 Å². The number of nitrogens with one attached hydrogen (secondary N) is 2. The average Bonchev–Trinajstić information content (AvgIpc) is 2.88. The van der Waals surface area contributed by atoms with E-state index in [-0.39, 0.29) is 23.7 Å². The summed E-state index contributed by atoms with van der Waals surface area (Å²) in [7, 11) is -1.25. The van der Waals surface area contributed by atoms with Gasteiger partial charge in [0.2, 0.25) is 15.9 Å². The fourth-order valence-corrected chi connectivity index (χ4v) is 4.62.